The SMILES string of the molecule is CCCCCCN1C(=O)CCC(N2C(=O)c3cccc([N+](=O)[O-])c3C2=O)C1=O. The van der Waals surface area contributed by atoms with Crippen molar-refractivity contribution in [1.29, 1.82) is 0 Å². The first-order chi connectivity index (χ1) is 13.4. The summed E-state index contributed by atoms with van der Waals surface area (Å²) in [6.07, 6.45) is 3.60. The van der Waals surface area contributed by atoms with Crippen LogP contribution in [-0.2, 0) is 9.59 Å². The second-order valence-electron chi connectivity index (χ2n) is 6.94. The third kappa shape index (κ3) is 3.28. The maximum Gasteiger partial charge on any atom is 0.282 e. The number of unbranched alkanes of at least 4 members (excludes halogenated alkanes) is 3. The third-order valence-electron chi connectivity index (χ3n) is 5.15. The Kier molecular flexibility index (Phi) is 5.53. The molecule has 1 saturated heterocycles. The molecule has 1 aromatic rings. The van der Waals surface area contributed by atoms with Crippen LogP contribution in [0.4, 0.5) is 5.69 Å². The van der Waals surface area contributed by atoms with Gasteiger partial charge in [0.05, 0.1) is 10.5 Å². The number of carbonyl (C=O) groups is 4. The largest absolute Gasteiger partial charge is 0.282 e. The van der Waals surface area contributed by atoms with E-state index in [2.05, 4.69) is 6.92 Å². The molecule has 9 heteroatoms. The molecule has 9 nitrogen and oxygen atoms in total. The molecular formula is C19H21N3O6. The second kappa shape index (κ2) is 7.87. The quantitative estimate of drug-likeness (QED) is 0.307. The van der Waals surface area contributed by atoms with Gasteiger partial charge in [-0.15, -0.1) is 0 Å². The van der Waals surface area contributed by atoms with E-state index in [1.54, 1.807) is 0 Å². The minimum absolute atomic E-state index is 0.0302. The minimum atomic E-state index is -1.11. The molecule has 28 heavy (non-hydrogen) atoms. The van der Waals surface area contributed by atoms with Crippen molar-refractivity contribution < 1.29 is 24.1 Å². The molecule has 0 N–H and O–H groups in total. The molecule has 2 aliphatic heterocycles. The van der Waals surface area contributed by atoms with Gasteiger partial charge in [0, 0.05) is 19.0 Å². The monoisotopic (exact) mass is 387 g/mol. The van der Waals surface area contributed by atoms with Gasteiger partial charge in [-0.3, -0.25) is 39.1 Å². The Hall–Kier alpha value is -3.10. The molecule has 1 fully saturated rings. The van der Waals surface area contributed by atoms with Crippen LogP contribution in [0, 0.1) is 10.1 Å². The summed E-state index contributed by atoms with van der Waals surface area (Å²) < 4.78 is 0. The lowest BCUT2D eigenvalue weighted by Crippen LogP contribution is -2.56. The van der Waals surface area contributed by atoms with Gasteiger partial charge in [0.15, 0.2) is 0 Å². The topological polar surface area (TPSA) is 118 Å². The van der Waals surface area contributed by atoms with Crippen molar-refractivity contribution in [3.63, 3.8) is 0 Å². The molecule has 1 unspecified atom stereocenters. The van der Waals surface area contributed by atoms with Crippen LogP contribution in [0.3, 0.4) is 0 Å². The van der Waals surface area contributed by atoms with Gasteiger partial charge in [-0.2, -0.15) is 0 Å². The number of imide groups is 2. The summed E-state index contributed by atoms with van der Waals surface area (Å²) in [6.45, 7) is 2.30. The van der Waals surface area contributed by atoms with Crippen LogP contribution in [-0.4, -0.2) is 50.9 Å². The molecule has 0 spiro atoms. The maximum atomic E-state index is 12.9. The highest BCUT2D eigenvalue weighted by atomic mass is 16.6. The standard InChI is InChI=1S/C19H21N3O6/c1-2-3-4-5-11-20-15(23)10-9-14(18(20)25)21-17(24)12-7-6-8-13(22(27)28)16(12)19(21)26/h6-8,14H,2-5,9-11H2,1H3. The fraction of sp³-hybridized carbons (Fsp3) is 0.474. The third-order valence-corrected chi connectivity index (χ3v) is 5.15. The lowest BCUT2D eigenvalue weighted by molar-refractivity contribution is -0.385. The number of nitro groups is 1. The van der Waals surface area contributed by atoms with E-state index in [0.717, 1.165) is 35.1 Å². The van der Waals surface area contributed by atoms with E-state index in [-0.39, 0.29) is 36.4 Å². The zero-order valence-corrected chi connectivity index (χ0v) is 15.6. The average molecular weight is 387 g/mol. The molecule has 2 heterocycles. The molecule has 4 amide bonds. The highest BCUT2D eigenvalue weighted by molar-refractivity contribution is 6.25. The molecule has 3 rings (SSSR count). The van der Waals surface area contributed by atoms with Crippen molar-refractivity contribution >= 4 is 29.3 Å². The van der Waals surface area contributed by atoms with Crippen LogP contribution in [0.25, 0.3) is 0 Å². The van der Waals surface area contributed by atoms with Gasteiger partial charge < -0.3 is 0 Å². The van der Waals surface area contributed by atoms with Crippen molar-refractivity contribution in [2.75, 3.05) is 6.54 Å². The van der Waals surface area contributed by atoms with Gasteiger partial charge in [-0.25, -0.2) is 0 Å². The van der Waals surface area contributed by atoms with Gasteiger partial charge in [0.25, 0.3) is 23.4 Å². The average Bonchev–Trinajstić information content (AvgIpc) is 2.92. The number of carbonyl (C=O) groups excluding carboxylic acids is 4. The summed E-state index contributed by atoms with van der Waals surface area (Å²) in [5.41, 5.74) is -0.843. The number of nitrogens with zero attached hydrogens (tertiary/aromatic N) is 3. The lowest BCUT2D eigenvalue weighted by Gasteiger charge is -2.34. The van der Waals surface area contributed by atoms with E-state index in [1.807, 2.05) is 0 Å². The maximum absolute atomic E-state index is 12.9. The summed E-state index contributed by atoms with van der Waals surface area (Å²) in [6, 6.07) is 2.71. The Morgan fingerprint density at radius 3 is 2.54 bits per heavy atom. The fourth-order valence-corrected chi connectivity index (χ4v) is 3.71. The second-order valence-corrected chi connectivity index (χ2v) is 6.94. The van der Waals surface area contributed by atoms with Crippen molar-refractivity contribution in [1.82, 2.24) is 9.80 Å². The first kappa shape index (κ1) is 19.7. The van der Waals surface area contributed by atoms with Gasteiger partial charge in [-0.05, 0) is 18.9 Å². The van der Waals surface area contributed by atoms with E-state index in [9.17, 15) is 29.3 Å². The van der Waals surface area contributed by atoms with E-state index in [1.165, 1.54) is 12.1 Å². The zero-order chi connectivity index (χ0) is 20.4. The van der Waals surface area contributed by atoms with Crippen LogP contribution >= 0.6 is 0 Å². The van der Waals surface area contributed by atoms with Crippen molar-refractivity contribution in [2.45, 2.75) is 51.5 Å². The fourth-order valence-electron chi connectivity index (χ4n) is 3.71. The predicted molar refractivity (Wildman–Crippen MR) is 97.5 cm³/mol. The number of piperidine rings is 1. The number of hydrogen-bond acceptors (Lipinski definition) is 6. The molecule has 0 aromatic heterocycles. The molecule has 2 aliphatic rings. The van der Waals surface area contributed by atoms with Crippen LogP contribution in [0.15, 0.2) is 18.2 Å². The molecular weight excluding hydrogens is 366 g/mol. The number of amides is 4. The summed E-state index contributed by atoms with van der Waals surface area (Å²) in [7, 11) is 0. The molecule has 0 saturated carbocycles. The molecule has 0 radical (unpaired) electrons. The minimum Gasteiger partial charge on any atom is -0.281 e. The summed E-state index contributed by atoms with van der Waals surface area (Å²) in [5.74, 6) is -2.50. The Labute approximate surface area is 161 Å². The van der Waals surface area contributed by atoms with Crippen molar-refractivity contribution in [3.8, 4) is 0 Å². The van der Waals surface area contributed by atoms with Crippen LogP contribution in [0.5, 0.6) is 0 Å². The highest BCUT2D eigenvalue weighted by Crippen LogP contribution is 2.34. The number of nitro benzene ring substituents is 1. The van der Waals surface area contributed by atoms with Crippen LogP contribution < -0.4 is 0 Å². The van der Waals surface area contributed by atoms with Crippen molar-refractivity contribution in [2.24, 2.45) is 0 Å². The van der Waals surface area contributed by atoms with E-state index < -0.39 is 34.4 Å². The summed E-state index contributed by atoms with van der Waals surface area (Å²) >= 11 is 0. The number of rotatable bonds is 7. The first-order valence-corrected chi connectivity index (χ1v) is 9.38. The smallest absolute Gasteiger partial charge is 0.281 e. The van der Waals surface area contributed by atoms with Crippen LogP contribution in [0.1, 0.15) is 66.2 Å². The number of fused-ring (bicyclic) bond motifs is 1. The summed E-state index contributed by atoms with van der Waals surface area (Å²) in [4.78, 5) is 63.0. The molecule has 1 aromatic carbocycles. The Bertz CT molecular complexity index is 865. The van der Waals surface area contributed by atoms with Gasteiger partial charge in [-0.1, -0.05) is 32.3 Å². The Morgan fingerprint density at radius 2 is 1.86 bits per heavy atom. The lowest BCUT2D eigenvalue weighted by atomic mass is 10.0. The Balaban J connectivity index is 1.85. The number of likely N-dealkylation sites (tertiary alicyclic amines) is 1. The normalized spacial score (nSPS) is 19.4. The van der Waals surface area contributed by atoms with E-state index in [4.69, 9.17) is 0 Å². The molecule has 1 atom stereocenters. The summed E-state index contributed by atoms with van der Waals surface area (Å²) in [5, 5.41) is 11.2. The van der Waals surface area contributed by atoms with E-state index in [0.29, 0.717) is 6.42 Å². The predicted octanol–water partition coefficient (Wildman–Crippen LogP) is 2.29. The molecule has 0 aliphatic carbocycles. The van der Waals surface area contributed by atoms with Gasteiger partial charge in [0.1, 0.15) is 11.6 Å². The number of benzene rings is 1. The van der Waals surface area contributed by atoms with E-state index >= 15 is 0 Å². The Morgan fingerprint density at radius 1 is 1.11 bits per heavy atom. The molecule has 148 valence electrons. The zero-order valence-electron chi connectivity index (χ0n) is 15.6. The van der Waals surface area contributed by atoms with Gasteiger partial charge >= 0.3 is 0 Å². The molecule has 0 bridgehead atoms. The van der Waals surface area contributed by atoms with Gasteiger partial charge in [0.2, 0.25) is 5.91 Å². The first-order valence-electron chi connectivity index (χ1n) is 9.38. The van der Waals surface area contributed by atoms with Crippen LogP contribution in [0.2, 0.25) is 0 Å². The number of hydrogen-bond donors (Lipinski definition) is 0. The van der Waals surface area contributed by atoms with Crippen molar-refractivity contribution in [3.05, 3.63) is 39.4 Å². The highest BCUT2D eigenvalue weighted by Gasteiger charge is 2.49.